The Labute approximate surface area is 140 Å². The van der Waals surface area contributed by atoms with E-state index in [0.29, 0.717) is 11.5 Å². The summed E-state index contributed by atoms with van der Waals surface area (Å²) in [7, 11) is 3.18. The van der Waals surface area contributed by atoms with E-state index >= 15 is 0 Å². The standard InChI is InChI=1S/C15H14BrIO3/c1-19-11-5-9(6-12(8-11)20-2)15(18)13-7-10(16)3-4-14(13)17/h3-8,15,18H,1-2H3. The van der Waals surface area contributed by atoms with Crippen molar-refractivity contribution in [1.82, 2.24) is 0 Å². The monoisotopic (exact) mass is 448 g/mol. The Morgan fingerprint density at radius 1 is 1.05 bits per heavy atom. The van der Waals surface area contributed by atoms with Gasteiger partial charge in [0, 0.05) is 14.1 Å². The number of benzene rings is 2. The van der Waals surface area contributed by atoms with Crippen molar-refractivity contribution in [2.75, 3.05) is 14.2 Å². The summed E-state index contributed by atoms with van der Waals surface area (Å²) in [4.78, 5) is 0. The molecule has 2 rings (SSSR count). The molecule has 0 amide bonds. The van der Waals surface area contributed by atoms with Crippen LogP contribution in [0.15, 0.2) is 40.9 Å². The van der Waals surface area contributed by atoms with E-state index in [1.165, 1.54) is 0 Å². The quantitative estimate of drug-likeness (QED) is 0.714. The second kappa shape index (κ2) is 6.78. The highest BCUT2D eigenvalue weighted by Crippen LogP contribution is 2.33. The molecule has 20 heavy (non-hydrogen) atoms. The second-order valence-electron chi connectivity index (χ2n) is 4.21. The van der Waals surface area contributed by atoms with Gasteiger partial charge >= 0.3 is 0 Å². The predicted octanol–water partition coefficient (Wildman–Crippen LogP) is 4.15. The SMILES string of the molecule is COc1cc(OC)cc(C(O)c2cc(Br)ccc2I)c1. The molecular formula is C15H14BrIO3. The molecule has 1 atom stereocenters. The summed E-state index contributed by atoms with van der Waals surface area (Å²) in [5, 5.41) is 10.6. The minimum atomic E-state index is -0.733. The predicted molar refractivity (Wildman–Crippen MR) is 90.5 cm³/mol. The normalized spacial score (nSPS) is 12.1. The van der Waals surface area contributed by atoms with Gasteiger partial charge in [0.15, 0.2) is 0 Å². The van der Waals surface area contributed by atoms with Gasteiger partial charge in [0.1, 0.15) is 17.6 Å². The molecule has 0 saturated carbocycles. The van der Waals surface area contributed by atoms with Crippen LogP contribution < -0.4 is 9.47 Å². The maximum Gasteiger partial charge on any atom is 0.122 e. The zero-order valence-electron chi connectivity index (χ0n) is 11.1. The Balaban J connectivity index is 2.46. The molecule has 0 aliphatic heterocycles. The molecule has 3 nitrogen and oxygen atoms in total. The first-order valence-electron chi connectivity index (χ1n) is 5.91. The van der Waals surface area contributed by atoms with E-state index in [2.05, 4.69) is 38.5 Å². The lowest BCUT2D eigenvalue weighted by Crippen LogP contribution is -2.03. The van der Waals surface area contributed by atoms with Crippen molar-refractivity contribution in [3.05, 3.63) is 55.6 Å². The zero-order valence-corrected chi connectivity index (χ0v) is 14.8. The van der Waals surface area contributed by atoms with Crippen molar-refractivity contribution in [3.8, 4) is 11.5 Å². The third kappa shape index (κ3) is 3.45. The van der Waals surface area contributed by atoms with Crippen LogP contribution in [-0.4, -0.2) is 19.3 Å². The summed E-state index contributed by atoms with van der Waals surface area (Å²) >= 11 is 5.64. The van der Waals surface area contributed by atoms with E-state index in [1.807, 2.05) is 30.3 Å². The average molecular weight is 449 g/mol. The van der Waals surface area contributed by atoms with Crippen LogP contribution in [0.2, 0.25) is 0 Å². The van der Waals surface area contributed by atoms with Gasteiger partial charge in [0.2, 0.25) is 0 Å². The van der Waals surface area contributed by atoms with Crippen molar-refractivity contribution in [2.45, 2.75) is 6.10 Å². The lowest BCUT2D eigenvalue weighted by atomic mass is 10.0. The van der Waals surface area contributed by atoms with E-state index in [9.17, 15) is 5.11 Å². The Morgan fingerprint density at radius 3 is 2.20 bits per heavy atom. The van der Waals surface area contributed by atoms with Gasteiger partial charge in [-0.1, -0.05) is 15.9 Å². The average Bonchev–Trinajstić information content (AvgIpc) is 2.48. The zero-order chi connectivity index (χ0) is 14.7. The highest BCUT2D eigenvalue weighted by molar-refractivity contribution is 14.1. The maximum atomic E-state index is 10.6. The summed E-state index contributed by atoms with van der Waals surface area (Å²) in [5.74, 6) is 1.31. The van der Waals surface area contributed by atoms with Crippen LogP contribution in [0.3, 0.4) is 0 Å². The Hall–Kier alpha value is -0.790. The van der Waals surface area contributed by atoms with Crippen molar-refractivity contribution >= 4 is 38.5 Å². The van der Waals surface area contributed by atoms with Gasteiger partial charge in [-0.3, -0.25) is 0 Å². The van der Waals surface area contributed by atoms with Gasteiger partial charge in [-0.25, -0.2) is 0 Å². The van der Waals surface area contributed by atoms with Gasteiger partial charge < -0.3 is 14.6 Å². The van der Waals surface area contributed by atoms with Crippen LogP contribution in [0, 0.1) is 3.57 Å². The first kappa shape index (κ1) is 15.6. The largest absolute Gasteiger partial charge is 0.497 e. The lowest BCUT2D eigenvalue weighted by molar-refractivity contribution is 0.218. The second-order valence-corrected chi connectivity index (χ2v) is 6.29. The third-order valence-corrected chi connectivity index (χ3v) is 4.42. The summed E-state index contributed by atoms with van der Waals surface area (Å²) in [5.41, 5.74) is 1.58. The molecule has 2 aromatic rings. The molecule has 1 N–H and O–H groups in total. The molecule has 0 fully saturated rings. The number of hydrogen-bond acceptors (Lipinski definition) is 3. The van der Waals surface area contributed by atoms with Gasteiger partial charge in [-0.2, -0.15) is 0 Å². The fraction of sp³-hybridized carbons (Fsp3) is 0.200. The Kier molecular flexibility index (Phi) is 5.29. The van der Waals surface area contributed by atoms with E-state index in [-0.39, 0.29) is 0 Å². The van der Waals surface area contributed by atoms with Crippen molar-refractivity contribution < 1.29 is 14.6 Å². The van der Waals surface area contributed by atoms with Gasteiger partial charge in [-0.15, -0.1) is 0 Å². The number of aliphatic hydroxyl groups is 1. The van der Waals surface area contributed by atoms with Crippen LogP contribution >= 0.6 is 38.5 Å². The minimum absolute atomic E-state index is 0.656. The number of aliphatic hydroxyl groups excluding tert-OH is 1. The van der Waals surface area contributed by atoms with Crippen LogP contribution in [0.25, 0.3) is 0 Å². The Bertz CT molecular complexity index is 594. The van der Waals surface area contributed by atoms with Crippen LogP contribution in [0.5, 0.6) is 11.5 Å². The number of halogens is 2. The molecule has 0 aromatic heterocycles. The van der Waals surface area contributed by atoms with E-state index in [1.54, 1.807) is 20.3 Å². The van der Waals surface area contributed by atoms with Crippen molar-refractivity contribution in [2.24, 2.45) is 0 Å². The third-order valence-electron chi connectivity index (χ3n) is 2.94. The first-order chi connectivity index (χ1) is 9.55. The summed E-state index contributed by atoms with van der Waals surface area (Å²) < 4.78 is 12.4. The smallest absolute Gasteiger partial charge is 0.122 e. The molecule has 0 radical (unpaired) electrons. The summed E-state index contributed by atoms with van der Waals surface area (Å²) in [6, 6.07) is 11.2. The molecule has 5 heteroatoms. The van der Waals surface area contributed by atoms with E-state index in [4.69, 9.17) is 9.47 Å². The number of rotatable bonds is 4. The lowest BCUT2D eigenvalue weighted by Gasteiger charge is -2.16. The van der Waals surface area contributed by atoms with E-state index in [0.717, 1.165) is 19.2 Å². The molecule has 0 saturated heterocycles. The Morgan fingerprint density at radius 2 is 1.65 bits per heavy atom. The fourth-order valence-corrected chi connectivity index (χ4v) is 2.90. The molecule has 2 aromatic carbocycles. The molecule has 0 spiro atoms. The highest BCUT2D eigenvalue weighted by atomic mass is 127. The molecular weight excluding hydrogens is 435 g/mol. The van der Waals surface area contributed by atoms with Crippen LogP contribution in [-0.2, 0) is 0 Å². The van der Waals surface area contributed by atoms with Crippen molar-refractivity contribution in [1.29, 1.82) is 0 Å². The first-order valence-corrected chi connectivity index (χ1v) is 7.78. The highest BCUT2D eigenvalue weighted by Gasteiger charge is 2.16. The minimum Gasteiger partial charge on any atom is -0.497 e. The molecule has 106 valence electrons. The number of methoxy groups -OCH3 is 2. The van der Waals surface area contributed by atoms with Crippen LogP contribution in [0.4, 0.5) is 0 Å². The van der Waals surface area contributed by atoms with Gasteiger partial charge in [0.25, 0.3) is 0 Å². The topological polar surface area (TPSA) is 38.7 Å². The number of ether oxygens (including phenoxy) is 2. The maximum absolute atomic E-state index is 10.6. The molecule has 0 bridgehead atoms. The summed E-state index contributed by atoms with van der Waals surface area (Å²) in [6.45, 7) is 0. The molecule has 0 aliphatic carbocycles. The van der Waals surface area contributed by atoms with Gasteiger partial charge in [-0.05, 0) is 64.0 Å². The molecule has 0 heterocycles. The fourth-order valence-electron chi connectivity index (χ4n) is 1.89. The molecule has 0 aliphatic rings. The summed E-state index contributed by atoms with van der Waals surface area (Å²) in [6.07, 6.45) is -0.733. The number of hydrogen-bond donors (Lipinski definition) is 1. The van der Waals surface area contributed by atoms with Gasteiger partial charge in [0.05, 0.1) is 14.2 Å². The van der Waals surface area contributed by atoms with Crippen LogP contribution in [0.1, 0.15) is 17.2 Å². The van der Waals surface area contributed by atoms with E-state index < -0.39 is 6.10 Å². The molecule has 1 unspecified atom stereocenters. The van der Waals surface area contributed by atoms with Crippen molar-refractivity contribution in [3.63, 3.8) is 0 Å².